The lowest BCUT2D eigenvalue weighted by Gasteiger charge is -2.39. The van der Waals surface area contributed by atoms with E-state index < -0.39 is 5.60 Å². The fourth-order valence-electron chi connectivity index (χ4n) is 3.13. The number of rotatable bonds is 8. The van der Waals surface area contributed by atoms with E-state index in [9.17, 15) is 5.11 Å². The molecule has 0 aromatic heterocycles. The van der Waals surface area contributed by atoms with Gasteiger partial charge in [0.1, 0.15) is 0 Å². The third-order valence-electron chi connectivity index (χ3n) is 5.08. The Morgan fingerprint density at radius 3 is 1.89 bits per heavy atom. The van der Waals surface area contributed by atoms with Gasteiger partial charge in [0, 0.05) is 38.8 Å². The average Bonchev–Trinajstić information content (AvgIpc) is 2.47. The van der Waals surface area contributed by atoms with Crippen LogP contribution in [-0.4, -0.2) is 59.3 Å². The first-order chi connectivity index (χ1) is 9.08. The summed E-state index contributed by atoms with van der Waals surface area (Å²) in [7, 11) is 0. The highest BCUT2D eigenvalue weighted by atomic mass is 16.3. The zero-order valence-electron chi connectivity index (χ0n) is 13.5. The van der Waals surface area contributed by atoms with E-state index in [4.69, 9.17) is 0 Å². The van der Waals surface area contributed by atoms with Gasteiger partial charge in [0.05, 0.1) is 5.60 Å². The molecule has 0 unspecified atom stereocenters. The summed E-state index contributed by atoms with van der Waals surface area (Å²) in [5.74, 6) is 0. The van der Waals surface area contributed by atoms with Gasteiger partial charge >= 0.3 is 0 Å². The molecule has 1 rings (SSSR count). The minimum absolute atomic E-state index is 0.438. The summed E-state index contributed by atoms with van der Waals surface area (Å²) in [6.45, 7) is 14.6. The Labute approximate surface area is 120 Å². The van der Waals surface area contributed by atoms with Gasteiger partial charge in [-0.2, -0.15) is 0 Å². The Morgan fingerprint density at radius 2 is 1.47 bits per heavy atom. The maximum atomic E-state index is 10.3. The van der Waals surface area contributed by atoms with E-state index in [1.165, 1.54) is 39.0 Å². The molecule has 1 aliphatic rings. The molecule has 0 aromatic carbocycles. The van der Waals surface area contributed by atoms with Crippen molar-refractivity contribution in [3.05, 3.63) is 0 Å². The summed E-state index contributed by atoms with van der Waals surface area (Å²) in [5, 5.41) is 10.3. The maximum absolute atomic E-state index is 10.3. The Bertz CT molecular complexity index is 229. The van der Waals surface area contributed by atoms with Crippen LogP contribution in [0.25, 0.3) is 0 Å². The second-order valence-corrected chi connectivity index (χ2v) is 6.03. The SMILES string of the molecule is CCC(CC)N1CCN(CCC(O)(CC)CC)CC1. The fraction of sp³-hybridized carbons (Fsp3) is 1.00. The van der Waals surface area contributed by atoms with Gasteiger partial charge in [-0.05, 0) is 32.1 Å². The van der Waals surface area contributed by atoms with Crippen LogP contribution in [0.2, 0.25) is 0 Å². The summed E-state index contributed by atoms with van der Waals surface area (Å²) in [6, 6.07) is 0.769. The largest absolute Gasteiger partial charge is 0.390 e. The molecule has 0 saturated carbocycles. The number of hydrogen-bond acceptors (Lipinski definition) is 3. The van der Waals surface area contributed by atoms with Crippen LogP contribution < -0.4 is 0 Å². The van der Waals surface area contributed by atoms with Gasteiger partial charge in [0.2, 0.25) is 0 Å². The molecule has 1 fully saturated rings. The lowest BCUT2D eigenvalue weighted by Crippen LogP contribution is -2.50. The molecule has 3 heteroatoms. The van der Waals surface area contributed by atoms with Crippen molar-refractivity contribution in [1.29, 1.82) is 0 Å². The van der Waals surface area contributed by atoms with Crippen LogP contribution in [0.3, 0.4) is 0 Å². The second kappa shape index (κ2) is 8.23. The lowest BCUT2D eigenvalue weighted by atomic mass is 9.93. The molecule has 0 aromatic rings. The molecule has 1 N–H and O–H groups in total. The van der Waals surface area contributed by atoms with E-state index >= 15 is 0 Å². The third kappa shape index (κ3) is 5.05. The highest BCUT2D eigenvalue weighted by molar-refractivity contribution is 4.81. The van der Waals surface area contributed by atoms with E-state index in [2.05, 4.69) is 37.5 Å². The maximum Gasteiger partial charge on any atom is 0.0654 e. The molecule has 1 saturated heterocycles. The predicted octanol–water partition coefficient (Wildman–Crippen LogP) is 2.73. The fourth-order valence-corrected chi connectivity index (χ4v) is 3.13. The lowest BCUT2D eigenvalue weighted by molar-refractivity contribution is 0.00628. The normalized spacial score (nSPS) is 19.3. The minimum atomic E-state index is -0.438. The molecule has 1 aliphatic heterocycles. The van der Waals surface area contributed by atoms with Crippen molar-refractivity contribution >= 4 is 0 Å². The van der Waals surface area contributed by atoms with Crippen LogP contribution in [0.4, 0.5) is 0 Å². The van der Waals surface area contributed by atoms with Crippen LogP contribution >= 0.6 is 0 Å². The van der Waals surface area contributed by atoms with Crippen molar-refractivity contribution in [3.63, 3.8) is 0 Å². The Balaban J connectivity index is 2.30. The monoisotopic (exact) mass is 270 g/mol. The van der Waals surface area contributed by atoms with Gasteiger partial charge in [-0.25, -0.2) is 0 Å². The number of piperazine rings is 1. The molecule has 0 atom stereocenters. The molecule has 0 radical (unpaired) electrons. The van der Waals surface area contributed by atoms with Crippen molar-refractivity contribution < 1.29 is 5.11 Å². The summed E-state index contributed by atoms with van der Waals surface area (Å²) in [4.78, 5) is 5.16. The second-order valence-electron chi connectivity index (χ2n) is 6.03. The molecule has 0 spiro atoms. The van der Waals surface area contributed by atoms with Gasteiger partial charge in [0.15, 0.2) is 0 Å². The summed E-state index contributed by atoms with van der Waals surface area (Å²) in [5.41, 5.74) is -0.438. The number of hydrogen-bond donors (Lipinski definition) is 1. The summed E-state index contributed by atoms with van der Waals surface area (Å²) < 4.78 is 0. The van der Waals surface area contributed by atoms with Crippen molar-refractivity contribution in [2.45, 2.75) is 71.4 Å². The van der Waals surface area contributed by atoms with E-state index in [0.29, 0.717) is 0 Å². The molecule has 1 heterocycles. The molecule has 0 bridgehead atoms. The molecule has 19 heavy (non-hydrogen) atoms. The first-order valence-corrected chi connectivity index (χ1v) is 8.27. The summed E-state index contributed by atoms with van der Waals surface area (Å²) >= 11 is 0. The predicted molar refractivity (Wildman–Crippen MR) is 82.5 cm³/mol. The minimum Gasteiger partial charge on any atom is -0.390 e. The van der Waals surface area contributed by atoms with Crippen molar-refractivity contribution in [2.24, 2.45) is 0 Å². The van der Waals surface area contributed by atoms with E-state index in [1.807, 2.05) is 0 Å². The molecular weight excluding hydrogens is 236 g/mol. The first kappa shape index (κ1) is 16.9. The van der Waals surface area contributed by atoms with Crippen LogP contribution in [-0.2, 0) is 0 Å². The standard InChI is InChI=1S/C16H34N2O/c1-5-15(6-2)18-13-11-17(12-14-18)10-9-16(19,7-3)8-4/h15,19H,5-14H2,1-4H3. The number of aliphatic hydroxyl groups is 1. The topological polar surface area (TPSA) is 26.7 Å². The zero-order chi connectivity index (χ0) is 14.3. The molecule has 0 aliphatic carbocycles. The summed E-state index contributed by atoms with van der Waals surface area (Å²) in [6.07, 6.45) is 5.20. The zero-order valence-corrected chi connectivity index (χ0v) is 13.5. The van der Waals surface area contributed by atoms with Crippen molar-refractivity contribution in [1.82, 2.24) is 9.80 Å². The van der Waals surface area contributed by atoms with Gasteiger partial charge in [-0.3, -0.25) is 4.90 Å². The van der Waals surface area contributed by atoms with Crippen LogP contribution in [0.1, 0.15) is 59.8 Å². The van der Waals surface area contributed by atoms with Crippen LogP contribution in [0.5, 0.6) is 0 Å². The van der Waals surface area contributed by atoms with Crippen LogP contribution in [0.15, 0.2) is 0 Å². The molecule has 114 valence electrons. The van der Waals surface area contributed by atoms with Crippen molar-refractivity contribution in [2.75, 3.05) is 32.7 Å². The first-order valence-electron chi connectivity index (χ1n) is 8.27. The molecule has 0 amide bonds. The molecule has 3 nitrogen and oxygen atoms in total. The van der Waals surface area contributed by atoms with Gasteiger partial charge in [-0.15, -0.1) is 0 Å². The smallest absolute Gasteiger partial charge is 0.0654 e. The van der Waals surface area contributed by atoms with Gasteiger partial charge in [-0.1, -0.05) is 27.7 Å². The third-order valence-corrected chi connectivity index (χ3v) is 5.08. The highest BCUT2D eigenvalue weighted by Crippen LogP contribution is 2.20. The molecular formula is C16H34N2O. The van der Waals surface area contributed by atoms with E-state index in [1.54, 1.807) is 0 Å². The van der Waals surface area contributed by atoms with Gasteiger partial charge in [0.25, 0.3) is 0 Å². The Hall–Kier alpha value is -0.120. The average molecular weight is 270 g/mol. The van der Waals surface area contributed by atoms with E-state index in [-0.39, 0.29) is 0 Å². The van der Waals surface area contributed by atoms with Crippen LogP contribution in [0, 0.1) is 0 Å². The Morgan fingerprint density at radius 1 is 0.947 bits per heavy atom. The van der Waals surface area contributed by atoms with Crippen molar-refractivity contribution in [3.8, 4) is 0 Å². The highest BCUT2D eigenvalue weighted by Gasteiger charge is 2.25. The quantitative estimate of drug-likeness (QED) is 0.734. The number of nitrogens with zero attached hydrogens (tertiary/aromatic N) is 2. The Kier molecular flexibility index (Phi) is 7.33. The van der Waals surface area contributed by atoms with E-state index in [0.717, 1.165) is 31.8 Å². The van der Waals surface area contributed by atoms with Gasteiger partial charge < -0.3 is 10.0 Å².